The van der Waals surface area contributed by atoms with E-state index in [4.69, 9.17) is 21.1 Å². The number of carbonyl (C=O) groups is 1. The fourth-order valence-corrected chi connectivity index (χ4v) is 5.36. The number of nitrogens with zero attached hydrogens (tertiary/aromatic N) is 6. The van der Waals surface area contributed by atoms with Gasteiger partial charge >= 0.3 is 6.09 Å². The van der Waals surface area contributed by atoms with E-state index in [2.05, 4.69) is 25.3 Å². The van der Waals surface area contributed by atoms with Gasteiger partial charge < -0.3 is 29.7 Å². The average molecular weight is 618 g/mol. The number of nitrogens with one attached hydrogen (secondary N) is 1. The van der Waals surface area contributed by atoms with E-state index in [1.165, 1.54) is 24.8 Å². The Balaban J connectivity index is 1.21. The highest BCUT2D eigenvalue weighted by molar-refractivity contribution is 6.30. The van der Waals surface area contributed by atoms with Gasteiger partial charge in [0.2, 0.25) is 11.9 Å². The summed E-state index contributed by atoms with van der Waals surface area (Å²) in [5.41, 5.74) is -0.574. The van der Waals surface area contributed by atoms with E-state index in [0.29, 0.717) is 42.2 Å². The van der Waals surface area contributed by atoms with Crippen molar-refractivity contribution in [1.82, 2.24) is 25.3 Å². The molecular formula is C29H34ClF2N7O4. The Hall–Kier alpha value is -3.84. The zero-order valence-electron chi connectivity index (χ0n) is 24.1. The van der Waals surface area contributed by atoms with Crippen LogP contribution < -0.4 is 19.9 Å². The van der Waals surface area contributed by atoms with Crippen molar-refractivity contribution < 1.29 is 28.2 Å². The predicted molar refractivity (Wildman–Crippen MR) is 155 cm³/mol. The topological polar surface area (TPSA) is 126 Å². The summed E-state index contributed by atoms with van der Waals surface area (Å²) in [6.45, 7) is 7.02. The standard InChI is InChI=1S/C29H34ClF2N7O4/c1-29(2,3)43-28(41)37-24-14-39(13-22(24)21-8-19(31)4-5-23(21)32)27-35-11-20(12-36-27)42-16-17-6-7-38(15-25(17)40)26-33-9-18(30)10-34-26/h4-5,8-12,17,22,24-25,40H,6-7,13-16H2,1-3H3,(H,37,41). The summed E-state index contributed by atoms with van der Waals surface area (Å²) in [7, 11) is 0. The lowest BCUT2D eigenvalue weighted by Crippen LogP contribution is -2.46. The molecule has 0 aliphatic carbocycles. The molecule has 43 heavy (non-hydrogen) atoms. The van der Waals surface area contributed by atoms with E-state index in [9.17, 15) is 18.7 Å². The van der Waals surface area contributed by atoms with Crippen LogP contribution in [-0.2, 0) is 4.74 Å². The first-order chi connectivity index (χ1) is 20.4. The van der Waals surface area contributed by atoms with Crippen molar-refractivity contribution in [1.29, 1.82) is 0 Å². The molecule has 2 N–H and O–H groups in total. The molecule has 2 aliphatic rings. The molecule has 0 spiro atoms. The quantitative estimate of drug-likeness (QED) is 0.402. The molecule has 11 nitrogen and oxygen atoms in total. The second-order valence-corrected chi connectivity index (χ2v) is 12.2. The lowest BCUT2D eigenvalue weighted by atomic mass is 9.94. The van der Waals surface area contributed by atoms with Crippen LogP contribution in [0.25, 0.3) is 0 Å². The highest BCUT2D eigenvalue weighted by atomic mass is 35.5. The molecule has 0 radical (unpaired) electrons. The van der Waals surface area contributed by atoms with Crippen LogP contribution in [0.4, 0.5) is 25.5 Å². The summed E-state index contributed by atoms with van der Waals surface area (Å²) < 4.78 is 40.1. The van der Waals surface area contributed by atoms with Gasteiger partial charge in [-0.1, -0.05) is 11.6 Å². The lowest BCUT2D eigenvalue weighted by Gasteiger charge is -2.35. The Bertz CT molecular complexity index is 1410. The number of aliphatic hydroxyl groups excluding tert-OH is 1. The van der Waals surface area contributed by atoms with Crippen molar-refractivity contribution in [2.75, 3.05) is 42.6 Å². The Morgan fingerprint density at radius 2 is 1.72 bits per heavy atom. The summed E-state index contributed by atoms with van der Waals surface area (Å²) in [5.74, 6) is -0.537. The number of amides is 1. The number of ether oxygens (including phenoxy) is 2. The summed E-state index contributed by atoms with van der Waals surface area (Å²) in [4.78, 5) is 33.5. The van der Waals surface area contributed by atoms with Gasteiger partial charge in [-0.25, -0.2) is 33.5 Å². The molecule has 0 bridgehead atoms. The molecule has 4 heterocycles. The van der Waals surface area contributed by atoms with E-state index in [0.717, 1.165) is 18.2 Å². The molecule has 2 fully saturated rings. The fourth-order valence-electron chi connectivity index (χ4n) is 5.26. The molecule has 5 rings (SSSR count). The minimum absolute atomic E-state index is 0.108. The second kappa shape index (κ2) is 12.8. The molecule has 2 aromatic heterocycles. The van der Waals surface area contributed by atoms with Gasteiger partial charge in [0.1, 0.15) is 17.2 Å². The maximum Gasteiger partial charge on any atom is 0.407 e. The zero-order valence-corrected chi connectivity index (χ0v) is 24.8. The SMILES string of the molecule is CC(C)(C)OC(=O)NC1CN(c2ncc(OCC3CCN(c4ncc(Cl)cn4)CC3O)cn2)CC1c1cc(F)ccc1F. The number of halogens is 3. The molecule has 1 amide bonds. The van der Waals surface area contributed by atoms with Crippen LogP contribution in [0.5, 0.6) is 5.75 Å². The number of β-amino-alcohol motifs (C(OH)–C–C–N with tert-alkyl or cyclic N) is 1. The van der Waals surface area contributed by atoms with Gasteiger partial charge in [-0.2, -0.15) is 0 Å². The first kappa shape index (κ1) is 30.6. The molecule has 14 heteroatoms. The lowest BCUT2D eigenvalue weighted by molar-refractivity contribution is 0.0504. The van der Waals surface area contributed by atoms with Crippen LogP contribution in [-0.4, -0.2) is 81.7 Å². The van der Waals surface area contributed by atoms with Gasteiger partial charge in [-0.05, 0) is 51.0 Å². The predicted octanol–water partition coefficient (Wildman–Crippen LogP) is 3.96. The van der Waals surface area contributed by atoms with Crippen molar-refractivity contribution in [2.45, 2.75) is 50.9 Å². The number of aliphatic hydroxyl groups is 1. The Morgan fingerprint density at radius 1 is 1.05 bits per heavy atom. The first-order valence-corrected chi connectivity index (χ1v) is 14.4. The number of rotatable bonds is 7. The minimum Gasteiger partial charge on any atom is -0.490 e. The number of carbonyl (C=O) groups excluding carboxylic acids is 1. The Labute approximate surface area is 253 Å². The number of benzene rings is 1. The van der Waals surface area contributed by atoms with E-state index in [-0.39, 0.29) is 31.2 Å². The van der Waals surface area contributed by atoms with Gasteiger partial charge in [-0.15, -0.1) is 0 Å². The molecule has 4 unspecified atom stereocenters. The number of alkyl carbamates (subject to hydrolysis) is 1. The highest BCUT2D eigenvalue weighted by Gasteiger charge is 2.38. The third kappa shape index (κ3) is 7.77. The molecule has 4 atom stereocenters. The van der Waals surface area contributed by atoms with Crippen molar-refractivity contribution in [3.8, 4) is 5.75 Å². The third-order valence-corrected chi connectivity index (χ3v) is 7.55. The smallest absolute Gasteiger partial charge is 0.407 e. The van der Waals surface area contributed by atoms with Crippen molar-refractivity contribution in [3.63, 3.8) is 0 Å². The number of aromatic nitrogens is 4. The maximum atomic E-state index is 14.8. The van der Waals surface area contributed by atoms with Gasteiger partial charge in [-0.3, -0.25) is 0 Å². The maximum absolute atomic E-state index is 14.8. The molecule has 0 saturated carbocycles. The zero-order chi connectivity index (χ0) is 30.7. The molecule has 1 aromatic carbocycles. The van der Waals surface area contributed by atoms with Crippen LogP contribution in [0, 0.1) is 17.6 Å². The number of piperidine rings is 1. The summed E-state index contributed by atoms with van der Waals surface area (Å²) in [6, 6.07) is 2.69. The normalized spacial score (nSPS) is 22.4. The fraction of sp³-hybridized carbons (Fsp3) is 0.483. The second-order valence-electron chi connectivity index (χ2n) is 11.7. The Kier molecular flexibility index (Phi) is 9.11. The van der Waals surface area contributed by atoms with E-state index in [1.54, 1.807) is 25.7 Å². The molecule has 2 saturated heterocycles. The van der Waals surface area contributed by atoms with Gasteiger partial charge in [0.15, 0.2) is 5.75 Å². The number of anilines is 2. The summed E-state index contributed by atoms with van der Waals surface area (Å²) in [6.07, 6.45) is 5.47. The largest absolute Gasteiger partial charge is 0.490 e. The van der Waals surface area contributed by atoms with Gasteiger partial charge in [0, 0.05) is 38.0 Å². The molecule has 2 aliphatic heterocycles. The van der Waals surface area contributed by atoms with E-state index < -0.39 is 41.4 Å². The molecule has 230 valence electrons. The Morgan fingerprint density at radius 3 is 2.40 bits per heavy atom. The van der Waals surface area contributed by atoms with Crippen LogP contribution in [0.15, 0.2) is 43.0 Å². The van der Waals surface area contributed by atoms with E-state index in [1.807, 2.05) is 4.90 Å². The molecule has 3 aromatic rings. The van der Waals surface area contributed by atoms with Crippen LogP contribution in [0.3, 0.4) is 0 Å². The van der Waals surface area contributed by atoms with Crippen molar-refractivity contribution >= 4 is 29.6 Å². The minimum atomic E-state index is -0.723. The van der Waals surface area contributed by atoms with Crippen LogP contribution in [0.1, 0.15) is 38.7 Å². The number of hydrogen-bond acceptors (Lipinski definition) is 10. The van der Waals surface area contributed by atoms with Crippen LogP contribution in [0.2, 0.25) is 5.02 Å². The summed E-state index contributed by atoms with van der Waals surface area (Å²) in [5, 5.41) is 13.9. The average Bonchev–Trinajstić information content (AvgIpc) is 3.36. The summed E-state index contributed by atoms with van der Waals surface area (Å²) >= 11 is 5.87. The van der Waals surface area contributed by atoms with Crippen molar-refractivity contribution in [3.05, 3.63) is 65.2 Å². The van der Waals surface area contributed by atoms with Gasteiger partial charge in [0.05, 0.1) is 48.6 Å². The highest BCUT2D eigenvalue weighted by Crippen LogP contribution is 2.32. The van der Waals surface area contributed by atoms with Crippen molar-refractivity contribution in [2.24, 2.45) is 5.92 Å². The van der Waals surface area contributed by atoms with E-state index >= 15 is 0 Å². The van der Waals surface area contributed by atoms with Crippen LogP contribution >= 0.6 is 11.6 Å². The van der Waals surface area contributed by atoms with Gasteiger partial charge in [0.25, 0.3) is 0 Å². The number of hydrogen-bond donors (Lipinski definition) is 2. The third-order valence-electron chi connectivity index (χ3n) is 7.35. The monoisotopic (exact) mass is 617 g/mol. The molecular weight excluding hydrogens is 584 g/mol. The first-order valence-electron chi connectivity index (χ1n) is 14.0.